The monoisotopic (exact) mass is 304 g/mol. The van der Waals surface area contributed by atoms with Crippen molar-refractivity contribution < 1.29 is 0 Å². The molecule has 90 valence electrons. The molecule has 0 unspecified atom stereocenters. The van der Waals surface area contributed by atoms with Crippen LogP contribution in [-0.4, -0.2) is 19.6 Å². The Morgan fingerprint density at radius 2 is 2.17 bits per heavy atom. The Morgan fingerprint density at radius 3 is 3.00 bits per heavy atom. The first-order valence-corrected chi connectivity index (χ1v) is 6.01. The molecule has 0 fully saturated rings. The van der Waals surface area contributed by atoms with Crippen LogP contribution in [0, 0.1) is 0 Å². The van der Waals surface area contributed by atoms with E-state index in [0.717, 1.165) is 10.2 Å². The Balaban J connectivity index is 2.05. The van der Waals surface area contributed by atoms with E-state index >= 15 is 0 Å². The highest BCUT2D eigenvalue weighted by Gasteiger charge is 2.08. The Kier molecular flexibility index (Phi) is 2.60. The summed E-state index contributed by atoms with van der Waals surface area (Å²) in [6, 6.07) is 7.78. The normalized spacial score (nSPS) is 10.7. The smallest absolute Gasteiger partial charge is 0.226 e. The zero-order valence-electron chi connectivity index (χ0n) is 9.21. The van der Waals surface area contributed by atoms with Crippen LogP contribution in [-0.2, 0) is 0 Å². The second-order valence-corrected chi connectivity index (χ2v) is 4.58. The topological polar surface area (TPSA) is 81.1 Å². The maximum atomic E-state index is 5.69. The molecular formula is C11H9BrN6. The number of hydrogen-bond acceptors (Lipinski definition) is 5. The number of anilines is 3. The molecule has 0 aliphatic heterocycles. The first-order chi connectivity index (χ1) is 8.74. The lowest BCUT2D eigenvalue weighted by Crippen LogP contribution is -1.99. The van der Waals surface area contributed by atoms with Gasteiger partial charge in [0.25, 0.3) is 0 Å². The molecular weight excluding hydrogens is 296 g/mol. The van der Waals surface area contributed by atoms with Crippen LogP contribution in [0.4, 0.5) is 17.5 Å². The number of fused-ring (bicyclic) bond motifs is 1. The van der Waals surface area contributed by atoms with Crippen LogP contribution in [0.15, 0.2) is 41.1 Å². The molecule has 0 aliphatic rings. The lowest BCUT2D eigenvalue weighted by molar-refractivity contribution is 1.12. The average Bonchev–Trinajstić information content (AvgIpc) is 2.73. The lowest BCUT2D eigenvalue weighted by atomic mass is 10.3. The van der Waals surface area contributed by atoms with E-state index < -0.39 is 0 Å². The predicted molar refractivity (Wildman–Crippen MR) is 72.6 cm³/mol. The number of rotatable bonds is 2. The molecule has 3 aromatic rings. The number of halogens is 1. The van der Waals surface area contributed by atoms with E-state index in [2.05, 4.69) is 36.4 Å². The molecule has 0 aliphatic carbocycles. The number of nitrogens with zero attached hydrogens (tertiary/aromatic N) is 4. The minimum Gasteiger partial charge on any atom is -0.368 e. The Hall–Kier alpha value is -2.15. The van der Waals surface area contributed by atoms with Gasteiger partial charge >= 0.3 is 0 Å². The van der Waals surface area contributed by atoms with Crippen LogP contribution < -0.4 is 11.1 Å². The summed E-state index contributed by atoms with van der Waals surface area (Å²) in [5.74, 6) is 0.949. The molecule has 1 aromatic carbocycles. The van der Waals surface area contributed by atoms with E-state index in [0.29, 0.717) is 17.4 Å². The molecule has 2 heterocycles. The fourth-order valence-electron chi connectivity index (χ4n) is 1.64. The third-order valence-corrected chi connectivity index (χ3v) is 2.93. The Morgan fingerprint density at radius 1 is 1.28 bits per heavy atom. The number of benzene rings is 1. The molecule has 0 saturated heterocycles. The van der Waals surface area contributed by atoms with Crippen molar-refractivity contribution in [3.63, 3.8) is 0 Å². The molecule has 0 radical (unpaired) electrons. The molecule has 18 heavy (non-hydrogen) atoms. The first-order valence-electron chi connectivity index (χ1n) is 5.22. The summed E-state index contributed by atoms with van der Waals surface area (Å²) in [5, 5.41) is 11.0. The molecule has 6 nitrogen and oxygen atoms in total. The van der Waals surface area contributed by atoms with Crippen molar-refractivity contribution in [2.24, 2.45) is 0 Å². The van der Waals surface area contributed by atoms with E-state index in [1.807, 2.05) is 24.3 Å². The van der Waals surface area contributed by atoms with Gasteiger partial charge in [-0.1, -0.05) is 22.0 Å². The van der Waals surface area contributed by atoms with Gasteiger partial charge in [0.05, 0.1) is 0 Å². The summed E-state index contributed by atoms with van der Waals surface area (Å²) in [7, 11) is 0. The number of nitrogens with two attached hydrogens (primary N) is 1. The highest BCUT2D eigenvalue weighted by Crippen LogP contribution is 2.21. The van der Waals surface area contributed by atoms with Crippen LogP contribution in [0.2, 0.25) is 0 Å². The maximum absolute atomic E-state index is 5.69. The predicted octanol–water partition coefficient (Wildman–Crippen LogP) is 2.21. The molecule has 7 heteroatoms. The third-order valence-electron chi connectivity index (χ3n) is 2.44. The van der Waals surface area contributed by atoms with Crippen molar-refractivity contribution in [3.05, 3.63) is 41.1 Å². The summed E-state index contributed by atoms with van der Waals surface area (Å²) < 4.78 is 2.66. The van der Waals surface area contributed by atoms with Gasteiger partial charge in [0.15, 0.2) is 5.82 Å². The standard InChI is InChI=1S/C11H9BrN6/c12-7-2-1-3-8(6-7)15-9-10-16-17-11(13)18(10)5-4-14-9/h1-6H,(H2,13,17)(H,14,15). The van der Waals surface area contributed by atoms with Gasteiger partial charge in [0.2, 0.25) is 11.6 Å². The second kappa shape index (κ2) is 4.26. The van der Waals surface area contributed by atoms with E-state index in [-0.39, 0.29) is 0 Å². The third kappa shape index (κ3) is 1.88. The van der Waals surface area contributed by atoms with E-state index in [4.69, 9.17) is 5.73 Å². The maximum Gasteiger partial charge on any atom is 0.226 e. The summed E-state index contributed by atoms with van der Waals surface area (Å²) in [6.07, 6.45) is 3.36. The summed E-state index contributed by atoms with van der Waals surface area (Å²) >= 11 is 3.42. The summed E-state index contributed by atoms with van der Waals surface area (Å²) in [6.45, 7) is 0. The Labute approximate surface area is 111 Å². The number of nitrogens with one attached hydrogen (secondary N) is 1. The number of nitrogen functional groups attached to an aromatic ring is 1. The van der Waals surface area contributed by atoms with Crippen LogP contribution in [0.3, 0.4) is 0 Å². The lowest BCUT2D eigenvalue weighted by Gasteiger charge is -2.06. The fraction of sp³-hybridized carbons (Fsp3) is 0. The molecule has 3 N–H and O–H groups in total. The highest BCUT2D eigenvalue weighted by atomic mass is 79.9. The molecule has 0 amide bonds. The van der Waals surface area contributed by atoms with Gasteiger partial charge in [-0.25, -0.2) is 4.98 Å². The van der Waals surface area contributed by atoms with Gasteiger partial charge in [-0.2, -0.15) is 0 Å². The van der Waals surface area contributed by atoms with Gasteiger partial charge in [0, 0.05) is 22.6 Å². The van der Waals surface area contributed by atoms with Crippen LogP contribution in [0.5, 0.6) is 0 Å². The molecule has 0 spiro atoms. The van der Waals surface area contributed by atoms with Crippen molar-refractivity contribution in [1.82, 2.24) is 19.6 Å². The van der Waals surface area contributed by atoms with Crippen molar-refractivity contribution in [1.29, 1.82) is 0 Å². The summed E-state index contributed by atoms with van der Waals surface area (Å²) in [4.78, 5) is 4.24. The first kappa shape index (κ1) is 11.0. The molecule has 3 rings (SSSR count). The minimum atomic E-state index is 0.338. The van der Waals surface area contributed by atoms with Gasteiger partial charge in [-0.3, -0.25) is 4.40 Å². The van der Waals surface area contributed by atoms with E-state index in [1.165, 1.54) is 0 Å². The van der Waals surface area contributed by atoms with Crippen molar-refractivity contribution in [3.8, 4) is 0 Å². The van der Waals surface area contributed by atoms with Crippen molar-refractivity contribution in [2.45, 2.75) is 0 Å². The Bertz CT molecular complexity index is 708. The van der Waals surface area contributed by atoms with E-state index in [9.17, 15) is 0 Å². The largest absolute Gasteiger partial charge is 0.368 e. The van der Waals surface area contributed by atoms with Crippen LogP contribution in [0.25, 0.3) is 5.65 Å². The quantitative estimate of drug-likeness (QED) is 0.758. The molecule has 0 bridgehead atoms. The zero-order chi connectivity index (χ0) is 12.5. The zero-order valence-corrected chi connectivity index (χ0v) is 10.8. The molecule has 2 aromatic heterocycles. The molecule has 0 atom stereocenters. The van der Waals surface area contributed by atoms with Gasteiger partial charge in [-0.05, 0) is 18.2 Å². The fourth-order valence-corrected chi connectivity index (χ4v) is 2.03. The second-order valence-electron chi connectivity index (χ2n) is 3.66. The summed E-state index contributed by atoms with van der Waals surface area (Å²) in [5.41, 5.74) is 7.19. The van der Waals surface area contributed by atoms with Crippen molar-refractivity contribution in [2.75, 3.05) is 11.1 Å². The SMILES string of the molecule is Nc1nnc2c(Nc3cccc(Br)c3)nccn12. The number of aromatic nitrogens is 4. The highest BCUT2D eigenvalue weighted by molar-refractivity contribution is 9.10. The average molecular weight is 305 g/mol. The molecule has 0 saturated carbocycles. The van der Waals surface area contributed by atoms with Gasteiger partial charge in [-0.15, -0.1) is 10.2 Å². The minimum absolute atomic E-state index is 0.338. The van der Waals surface area contributed by atoms with Crippen LogP contribution in [0.1, 0.15) is 0 Å². The van der Waals surface area contributed by atoms with Crippen molar-refractivity contribution >= 4 is 39.0 Å². The van der Waals surface area contributed by atoms with Crippen LogP contribution >= 0.6 is 15.9 Å². The van der Waals surface area contributed by atoms with Gasteiger partial charge in [0.1, 0.15) is 0 Å². The number of hydrogen-bond donors (Lipinski definition) is 2. The van der Waals surface area contributed by atoms with Gasteiger partial charge < -0.3 is 11.1 Å². The van der Waals surface area contributed by atoms with E-state index in [1.54, 1.807) is 16.8 Å².